The van der Waals surface area contributed by atoms with Crippen molar-refractivity contribution in [2.75, 3.05) is 7.11 Å². The Morgan fingerprint density at radius 1 is 1.14 bits per heavy atom. The van der Waals surface area contributed by atoms with Crippen molar-refractivity contribution in [1.29, 1.82) is 0 Å². The molecule has 1 aliphatic heterocycles. The number of carbonyl (C=O) groups excluding carboxylic acids is 1. The molecule has 0 aliphatic carbocycles. The van der Waals surface area contributed by atoms with Gasteiger partial charge in [-0.25, -0.2) is 0 Å². The molecule has 0 saturated carbocycles. The van der Waals surface area contributed by atoms with Gasteiger partial charge in [0.2, 0.25) is 0 Å². The number of rotatable bonds is 12. The van der Waals surface area contributed by atoms with Gasteiger partial charge < -0.3 is 23.7 Å². The largest absolute Gasteiger partial charge is 0.354 e. The Labute approximate surface area is 176 Å². The first-order chi connectivity index (χ1) is 13.7. The fourth-order valence-electron chi connectivity index (χ4n) is 3.87. The Balaban J connectivity index is 1.77. The molecule has 2 rings (SSSR count). The van der Waals surface area contributed by atoms with Gasteiger partial charge in [0.15, 0.2) is 11.6 Å². The van der Waals surface area contributed by atoms with E-state index in [1.54, 1.807) is 7.11 Å². The minimum Gasteiger partial charge on any atom is -0.354 e. The minimum absolute atomic E-state index is 0.142. The summed E-state index contributed by atoms with van der Waals surface area (Å²) in [6, 6.07) is 10.6. The summed E-state index contributed by atoms with van der Waals surface area (Å²) in [5.41, 5.74) is 1.37. The Hall–Kier alpha value is -1.27. The lowest BCUT2D eigenvalue weighted by Gasteiger charge is -2.41. The summed E-state index contributed by atoms with van der Waals surface area (Å²) in [7, 11) is 1.58. The zero-order valence-corrected chi connectivity index (χ0v) is 18.7. The number of benzene rings is 1. The number of hydrogen-bond acceptors (Lipinski definition) is 5. The van der Waals surface area contributed by atoms with Crippen LogP contribution in [0.1, 0.15) is 71.8 Å². The van der Waals surface area contributed by atoms with Crippen LogP contribution in [0.5, 0.6) is 0 Å². The highest BCUT2D eigenvalue weighted by Gasteiger charge is 2.35. The molecule has 1 saturated heterocycles. The second kappa shape index (κ2) is 11.2. The molecule has 0 aromatic heterocycles. The smallest absolute Gasteiger partial charge is 0.163 e. The van der Waals surface area contributed by atoms with Crippen LogP contribution in [0.4, 0.5) is 0 Å². The van der Waals surface area contributed by atoms with Crippen molar-refractivity contribution in [2.45, 2.75) is 103 Å². The fourth-order valence-corrected chi connectivity index (χ4v) is 3.87. The molecule has 3 atom stereocenters. The van der Waals surface area contributed by atoms with Crippen LogP contribution >= 0.6 is 0 Å². The SMILES string of the molecule is COC(C)(C)OC(C=O)CCCC1CC(CCCc2ccccc2)OC(C)(C)O1. The van der Waals surface area contributed by atoms with E-state index in [2.05, 4.69) is 30.3 Å². The van der Waals surface area contributed by atoms with Crippen molar-refractivity contribution in [3.05, 3.63) is 35.9 Å². The number of aldehydes is 1. The first-order valence-electron chi connectivity index (χ1n) is 10.8. The van der Waals surface area contributed by atoms with Gasteiger partial charge in [0.25, 0.3) is 0 Å². The summed E-state index contributed by atoms with van der Waals surface area (Å²) in [5.74, 6) is -1.33. The maximum Gasteiger partial charge on any atom is 0.163 e. The van der Waals surface area contributed by atoms with Crippen LogP contribution in [0.3, 0.4) is 0 Å². The third kappa shape index (κ3) is 8.95. The summed E-state index contributed by atoms with van der Waals surface area (Å²) < 4.78 is 23.3. The van der Waals surface area contributed by atoms with Gasteiger partial charge in [-0.15, -0.1) is 0 Å². The monoisotopic (exact) mass is 406 g/mol. The normalized spacial score (nSPS) is 22.9. The Morgan fingerprint density at radius 3 is 2.34 bits per heavy atom. The van der Waals surface area contributed by atoms with E-state index in [0.717, 1.165) is 44.8 Å². The zero-order chi connectivity index (χ0) is 21.3. The predicted molar refractivity (Wildman–Crippen MR) is 114 cm³/mol. The molecule has 164 valence electrons. The zero-order valence-electron chi connectivity index (χ0n) is 18.7. The lowest BCUT2D eigenvalue weighted by Crippen LogP contribution is -2.44. The number of hydrogen-bond donors (Lipinski definition) is 0. The molecule has 0 amide bonds. The lowest BCUT2D eigenvalue weighted by molar-refractivity contribution is -0.301. The number of carbonyl (C=O) groups is 1. The second-order valence-corrected chi connectivity index (χ2v) is 8.82. The van der Waals surface area contributed by atoms with Crippen LogP contribution in [0.15, 0.2) is 30.3 Å². The summed E-state index contributed by atoms with van der Waals surface area (Å²) in [5, 5.41) is 0. The highest BCUT2D eigenvalue weighted by atomic mass is 16.7. The van der Waals surface area contributed by atoms with Crippen LogP contribution in [0.25, 0.3) is 0 Å². The maximum absolute atomic E-state index is 11.3. The molecule has 1 aliphatic rings. The topological polar surface area (TPSA) is 54.0 Å². The average molecular weight is 407 g/mol. The quantitative estimate of drug-likeness (QED) is 0.359. The van der Waals surface area contributed by atoms with E-state index in [-0.39, 0.29) is 12.2 Å². The van der Waals surface area contributed by atoms with Crippen molar-refractivity contribution in [3.8, 4) is 0 Å². The van der Waals surface area contributed by atoms with E-state index in [1.165, 1.54) is 5.56 Å². The molecule has 1 aromatic carbocycles. The molecule has 1 heterocycles. The number of aryl methyl sites for hydroxylation is 1. The van der Waals surface area contributed by atoms with Crippen molar-refractivity contribution in [3.63, 3.8) is 0 Å². The summed E-state index contributed by atoms with van der Waals surface area (Å²) in [6.07, 6.45) is 7.27. The van der Waals surface area contributed by atoms with E-state index in [0.29, 0.717) is 6.42 Å². The first-order valence-corrected chi connectivity index (χ1v) is 10.8. The van der Waals surface area contributed by atoms with Gasteiger partial charge in [0.1, 0.15) is 12.4 Å². The van der Waals surface area contributed by atoms with Crippen molar-refractivity contribution < 1.29 is 23.7 Å². The predicted octanol–water partition coefficient (Wildman–Crippen LogP) is 5.06. The Kier molecular flexibility index (Phi) is 9.28. The number of ether oxygens (including phenoxy) is 4. The van der Waals surface area contributed by atoms with Crippen molar-refractivity contribution >= 4 is 6.29 Å². The van der Waals surface area contributed by atoms with Gasteiger partial charge in [-0.1, -0.05) is 30.3 Å². The van der Waals surface area contributed by atoms with Gasteiger partial charge in [-0.05, 0) is 71.8 Å². The second-order valence-electron chi connectivity index (χ2n) is 8.82. The fraction of sp³-hybridized carbons (Fsp3) is 0.708. The van der Waals surface area contributed by atoms with E-state index in [1.807, 2.05) is 27.7 Å². The van der Waals surface area contributed by atoms with Crippen LogP contribution < -0.4 is 0 Å². The molecule has 0 bridgehead atoms. The van der Waals surface area contributed by atoms with Gasteiger partial charge >= 0.3 is 0 Å². The molecule has 0 N–H and O–H groups in total. The van der Waals surface area contributed by atoms with E-state index < -0.39 is 17.7 Å². The highest BCUT2D eigenvalue weighted by Crippen LogP contribution is 2.31. The molecule has 5 heteroatoms. The molecule has 0 radical (unpaired) electrons. The molecule has 0 spiro atoms. The minimum atomic E-state index is -0.757. The third-order valence-electron chi connectivity index (χ3n) is 5.35. The van der Waals surface area contributed by atoms with E-state index >= 15 is 0 Å². The Bertz CT molecular complexity index is 599. The van der Waals surface area contributed by atoms with E-state index in [4.69, 9.17) is 18.9 Å². The van der Waals surface area contributed by atoms with Crippen LogP contribution in [-0.2, 0) is 30.2 Å². The lowest BCUT2D eigenvalue weighted by atomic mass is 9.97. The molecule has 1 fully saturated rings. The van der Waals surface area contributed by atoms with Crippen LogP contribution in [-0.4, -0.2) is 43.3 Å². The van der Waals surface area contributed by atoms with E-state index in [9.17, 15) is 4.79 Å². The van der Waals surface area contributed by atoms with Crippen molar-refractivity contribution in [2.24, 2.45) is 0 Å². The summed E-state index contributed by atoms with van der Waals surface area (Å²) >= 11 is 0. The number of methoxy groups -OCH3 is 1. The molecule has 3 unspecified atom stereocenters. The maximum atomic E-state index is 11.3. The standard InChI is InChI=1S/C24H38O5/c1-23(2,26-5)29-22(18-25)16-10-15-21-17-20(27-24(3,4)28-21)14-9-13-19-11-7-6-8-12-19/h6-8,11-12,18,20-22H,9-10,13-17H2,1-5H3. The van der Waals surface area contributed by atoms with Crippen molar-refractivity contribution in [1.82, 2.24) is 0 Å². The van der Waals surface area contributed by atoms with Gasteiger partial charge in [0.05, 0.1) is 12.2 Å². The third-order valence-corrected chi connectivity index (χ3v) is 5.35. The van der Waals surface area contributed by atoms with Gasteiger partial charge in [0, 0.05) is 13.5 Å². The van der Waals surface area contributed by atoms with Crippen LogP contribution in [0.2, 0.25) is 0 Å². The highest BCUT2D eigenvalue weighted by molar-refractivity contribution is 5.55. The first kappa shape index (κ1) is 24.0. The molecule has 5 nitrogen and oxygen atoms in total. The average Bonchev–Trinajstić information content (AvgIpc) is 2.67. The molecule has 29 heavy (non-hydrogen) atoms. The summed E-state index contributed by atoms with van der Waals surface area (Å²) in [6.45, 7) is 7.60. The van der Waals surface area contributed by atoms with Gasteiger partial charge in [-0.3, -0.25) is 0 Å². The van der Waals surface area contributed by atoms with Crippen LogP contribution in [0, 0.1) is 0 Å². The molecule has 1 aromatic rings. The summed E-state index contributed by atoms with van der Waals surface area (Å²) in [4.78, 5) is 11.3. The van der Waals surface area contributed by atoms with Gasteiger partial charge in [-0.2, -0.15) is 0 Å². The molecular weight excluding hydrogens is 368 g/mol. The Morgan fingerprint density at radius 2 is 1.76 bits per heavy atom. The molecular formula is C24H38O5.